The van der Waals surface area contributed by atoms with Crippen LogP contribution in [0, 0.1) is 0 Å². The van der Waals surface area contributed by atoms with E-state index >= 15 is 0 Å². The standard InChI is InChI=1S/C14H20O4/c1-4-15-12-7-5-6-8-13(12)16-9-11-10-17-14(2,3)18-11/h5-8,11H,4,9-10H2,1-3H3/t11-/m0/s1. The molecule has 0 aliphatic carbocycles. The Morgan fingerprint density at radius 2 is 1.89 bits per heavy atom. The molecule has 0 amide bonds. The van der Waals surface area contributed by atoms with Crippen molar-refractivity contribution < 1.29 is 18.9 Å². The maximum Gasteiger partial charge on any atom is 0.163 e. The highest BCUT2D eigenvalue weighted by Gasteiger charge is 2.33. The molecule has 2 rings (SSSR count). The Hall–Kier alpha value is -1.26. The van der Waals surface area contributed by atoms with Crippen LogP contribution in [-0.4, -0.2) is 31.7 Å². The average molecular weight is 252 g/mol. The molecule has 0 spiro atoms. The fraction of sp³-hybridized carbons (Fsp3) is 0.571. The zero-order chi connectivity index (χ0) is 13.0. The summed E-state index contributed by atoms with van der Waals surface area (Å²) in [5.41, 5.74) is 0. The second-order valence-corrected chi connectivity index (χ2v) is 4.64. The van der Waals surface area contributed by atoms with Crippen LogP contribution in [0.25, 0.3) is 0 Å². The number of hydrogen-bond donors (Lipinski definition) is 0. The Bertz CT molecular complexity index is 389. The van der Waals surface area contributed by atoms with E-state index in [1.165, 1.54) is 0 Å². The first-order chi connectivity index (χ1) is 8.61. The van der Waals surface area contributed by atoms with E-state index < -0.39 is 5.79 Å². The van der Waals surface area contributed by atoms with Gasteiger partial charge in [-0.3, -0.25) is 0 Å². The molecule has 4 heteroatoms. The summed E-state index contributed by atoms with van der Waals surface area (Å²) in [5.74, 6) is 0.999. The normalized spacial score (nSPS) is 21.8. The predicted molar refractivity (Wildman–Crippen MR) is 68.0 cm³/mol. The number of rotatable bonds is 5. The lowest BCUT2D eigenvalue weighted by Crippen LogP contribution is -2.25. The molecule has 0 bridgehead atoms. The van der Waals surface area contributed by atoms with Crippen molar-refractivity contribution in [3.05, 3.63) is 24.3 Å². The molecule has 1 heterocycles. The molecule has 1 aliphatic heterocycles. The van der Waals surface area contributed by atoms with Gasteiger partial charge in [-0.1, -0.05) is 12.1 Å². The summed E-state index contributed by atoms with van der Waals surface area (Å²) in [6.45, 7) is 7.41. The van der Waals surface area contributed by atoms with Gasteiger partial charge in [0.05, 0.1) is 13.2 Å². The van der Waals surface area contributed by atoms with Crippen molar-refractivity contribution in [3.63, 3.8) is 0 Å². The third kappa shape index (κ3) is 3.37. The van der Waals surface area contributed by atoms with Crippen LogP contribution in [0.1, 0.15) is 20.8 Å². The zero-order valence-electron chi connectivity index (χ0n) is 11.1. The molecule has 0 N–H and O–H groups in total. The van der Waals surface area contributed by atoms with Crippen molar-refractivity contribution in [2.45, 2.75) is 32.7 Å². The van der Waals surface area contributed by atoms with Gasteiger partial charge in [0.2, 0.25) is 0 Å². The summed E-state index contributed by atoms with van der Waals surface area (Å²) in [5, 5.41) is 0. The summed E-state index contributed by atoms with van der Waals surface area (Å²) in [6, 6.07) is 7.64. The minimum absolute atomic E-state index is 0.0327. The Balaban J connectivity index is 1.90. The van der Waals surface area contributed by atoms with Gasteiger partial charge in [0.1, 0.15) is 12.7 Å². The highest BCUT2D eigenvalue weighted by atomic mass is 16.7. The molecule has 1 saturated heterocycles. The topological polar surface area (TPSA) is 36.9 Å². The maximum absolute atomic E-state index is 5.74. The smallest absolute Gasteiger partial charge is 0.163 e. The van der Waals surface area contributed by atoms with Gasteiger partial charge in [0.25, 0.3) is 0 Å². The molecule has 1 aliphatic rings. The van der Waals surface area contributed by atoms with E-state index in [0.717, 1.165) is 11.5 Å². The molecule has 4 nitrogen and oxygen atoms in total. The predicted octanol–water partition coefficient (Wildman–Crippen LogP) is 2.62. The Kier molecular flexibility index (Phi) is 4.09. The Labute approximate surface area is 108 Å². The average Bonchev–Trinajstić information content (AvgIpc) is 2.68. The van der Waals surface area contributed by atoms with Gasteiger partial charge in [0.15, 0.2) is 17.3 Å². The molecule has 1 atom stereocenters. The molecule has 18 heavy (non-hydrogen) atoms. The molecule has 0 unspecified atom stereocenters. The second-order valence-electron chi connectivity index (χ2n) is 4.64. The van der Waals surface area contributed by atoms with E-state index in [1.54, 1.807) is 0 Å². The van der Waals surface area contributed by atoms with Crippen molar-refractivity contribution >= 4 is 0 Å². The fourth-order valence-corrected chi connectivity index (χ4v) is 1.87. The first-order valence-corrected chi connectivity index (χ1v) is 6.27. The van der Waals surface area contributed by atoms with Crippen molar-refractivity contribution in [2.24, 2.45) is 0 Å². The first-order valence-electron chi connectivity index (χ1n) is 6.27. The van der Waals surface area contributed by atoms with E-state index in [-0.39, 0.29) is 6.10 Å². The summed E-state index contributed by atoms with van der Waals surface area (Å²) < 4.78 is 22.4. The second kappa shape index (κ2) is 5.59. The summed E-state index contributed by atoms with van der Waals surface area (Å²) in [7, 11) is 0. The highest BCUT2D eigenvalue weighted by Crippen LogP contribution is 2.28. The van der Waals surface area contributed by atoms with Gasteiger partial charge in [-0.15, -0.1) is 0 Å². The van der Waals surface area contributed by atoms with Crippen LogP contribution in [0.15, 0.2) is 24.3 Å². The molecule has 0 radical (unpaired) electrons. The van der Waals surface area contributed by atoms with E-state index in [2.05, 4.69) is 0 Å². The molecule has 0 saturated carbocycles. The number of para-hydroxylation sites is 2. The molecule has 100 valence electrons. The van der Waals surface area contributed by atoms with Crippen molar-refractivity contribution in [3.8, 4) is 11.5 Å². The van der Waals surface area contributed by atoms with Crippen LogP contribution in [-0.2, 0) is 9.47 Å². The van der Waals surface area contributed by atoms with E-state index in [4.69, 9.17) is 18.9 Å². The van der Waals surface area contributed by atoms with Crippen LogP contribution in [0.5, 0.6) is 11.5 Å². The minimum atomic E-state index is -0.506. The van der Waals surface area contributed by atoms with Gasteiger partial charge in [-0.25, -0.2) is 0 Å². The summed E-state index contributed by atoms with van der Waals surface area (Å²) in [4.78, 5) is 0. The van der Waals surface area contributed by atoms with Gasteiger partial charge in [0, 0.05) is 0 Å². The van der Waals surface area contributed by atoms with Gasteiger partial charge < -0.3 is 18.9 Å². The van der Waals surface area contributed by atoms with Crippen molar-refractivity contribution in [2.75, 3.05) is 19.8 Å². The number of ether oxygens (including phenoxy) is 4. The highest BCUT2D eigenvalue weighted by molar-refractivity contribution is 5.39. The van der Waals surface area contributed by atoms with Crippen LogP contribution in [0.2, 0.25) is 0 Å². The molecule has 1 aromatic carbocycles. The van der Waals surface area contributed by atoms with Gasteiger partial charge >= 0.3 is 0 Å². The summed E-state index contributed by atoms with van der Waals surface area (Å²) in [6.07, 6.45) is -0.0327. The Morgan fingerprint density at radius 3 is 2.44 bits per heavy atom. The maximum atomic E-state index is 5.74. The molecular weight excluding hydrogens is 232 g/mol. The van der Waals surface area contributed by atoms with Crippen LogP contribution >= 0.6 is 0 Å². The van der Waals surface area contributed by atoms with Crippen LogP contribution < -0.4 is 9.47 Å². The SMILES string of the molecule is CCOc1ccccc1OC[C@H]1COC(C)(C)O1. The largest absolute Gasteiger partial charge is 0.490 e. The summed E-state index contributed by atoms with van der Waals surface area (Å²) >= 11 is 0. The number of hydrogen-bond acceptors (Lipinski definition) is 4. The van der Waals surface area contributed by atoms with Crippen LogP contribution in [0.4, 0.5) is 0 Å². The zero-order valence-corrected chi connectivity index (χ0v) is 11.1. The lowest BCUT2D eigenvalue weighted by molar-refractivity contribution is -0.141. The lowest BCUT2D eigenvalue weighted by Gasteiger charge is -2.18. The van der Waals surface area contributed by atoms with Gasteiger partial charge in [-0.2, -0.15) is 0 Å². The molecule has 0 aromatic heterocycles. The molecular formula is C14H20O4. The number of benzene rings is 1. The first kappa shape index (κ1) is 13.2. The van der Waals surface area contributed by atoms with Crippen LogP contribution in [0.3, 0.4) is 0 Å². The lowest BCUT2D eigenvalue weighted by atomic mass is 10.3. The van der Waals surface area contributed by atoms with E-state index in [9.17, 15) is 0 Å². The molecule has 1 aromatic rings. The van der Waals surface area contributed by atoms with Crippen molar-refractivity contribution in [1.82, 2.24) is 0 Å². The minimum Gasteiger partial charge on any atom is -0.490 e. The third-order valence-corrected chi connectivity index (χ3v) is 2.64. The third-order valence-electron chi connectivity index (χ3n) is 2.64. The monoisotopic (exact) mass is 252 g/mol. The molecule has 1 fully saturated rings. The van der Waals surface area contributed by atoms with E-state index in [1.807, 2.05) is 45.0 Å². The van der Waals surface area contributed by atoms with Crippen molar-refractivity contribution in [1.29, 1.82) is 0 Å². The fourth-order valence-electron chi connectivity index (χ4n) is 1.87. The Morgan fingerprint density at radius 1 is 1.22 bits per heavy atom. The van der Waals surface area contributed by atoms with Gasteiger partial charge in [-0.05, 0) is 32.9 Å². The van der Waals surface area contributed by atoms with E-state index in [0.29, 0.717) is 19.8 Å². The quantitative estimate of drug-likeness (QED) is 0.807.